The molecule has 0 aliphatic heterocycles. The zero-order valence-electron chi connectivity index (χ0n) is 10.4. The zero-order valence-corrected chi connectivity index (χ0v) is 10.4. The van der Waals surface area contributed by atoms with Gasteiger partial charge in [0.05, 0.1) is 0 Å². The molecule has 0 saturated carbocycles. The molecule has 18 heavy (non-hydrogen) atoms. The third kappa shape index (κ3) is 5.29. The number of rotatable bonds is 4. The van der Waals surface area contributed by atoms with E-state index >= 15 is 0 Å². The van der Waals surface area contributed by atoms with E-state index in [1.165, 1.54) is 24.3 Å². The number of carbonyl (C=O) groups excluding carboxylic acids is 1. The Bertz CT molecular complexity index is 428. The second-order valence-electron chi connectivity index (χ2n) is 4.06. The van der Waals surface area contributed by atoms with Gasteiger partial charge in [-0.2, -0.15) is 0 Å². The minimum absolute atomic E-state index is 0.0804. The van der Waals surface area contributed by atoms with Crippen LogP contribution in [0.4, 0.5) is 10.1 Å². The topological polar surface area (TPSA) is 79.5 Å². The number of aliphatic imine (C=N–C) groups is 1. The van der Waals surface area contributed by atoms with Gasteiger partial charge in [0, 0.05) is 11.7 Å². The molecule has 0 unspecified atom stereocenters. The summed E-state index contributed by atoms with van der Waals surface area (Å²) in [6.45, 7) is 3.75. The number of hydrogen-bond donors (Lipinski definition) is 3. The van der Waals surface area contributed by atoms with Crippen LogP contribution in [-0.2, 0) is 4.79 Å². The molecule has 5 nitrogen and oxygen atoms in total. The first kappa shape index (κ1) is 14.0. The second kappa shape index (κ2) is 6.58. The lowest BCUT2D eigenvalue weighted by atomic mass is 10.3. The van der Waals surface area contributed by atoms with Gasteiger partial charge in [-0.1, -0.05) is 0 Å². The van der Waals surface area contributed by atoms with Crippen LogP contribution in [0.1, 0.15) is 13.8 Å². The van der Waals surface area contributed by atoms with E-state index in [9.17, 15) is 9.18 Å². The lowest BCUT2D eigenvalue weighted by Crippen LogP contribution is -2.37. The van der Waals surface area contributed by atoms with Crippen LogP contribution in [-0.4, -0.2) is 24.5 Å². The number of hydrogen-bond acceptors (Lipinski definition) is 2. The van der Waals surface area contributed by atoms with Crippen LogP contribution in [0.3, 0.4) is 0 Å². The van der Waals surface area contributed by atoms with Crippen molar-refractivity contribution in [2.75, 3.05) is 11.9 Å². The highest BCUT2D eigenvalue weighted by Crippen LogP contribution is 2.07. The summed E-state index contributed by atoms with van der Waals surface area (Å²) in [5.41, 5.74) is 6.07. The largest absolute Gasteiger partial charge is 0.370 e. The monoisotopic (exact) mass is 252 g/mol. The van der Waals surface area contributed by atoms with E-state index in [0.717, 1.165) is 0 Å². The highest BCUT2D eigenvalue weighted by molar-refractivity contribution is 5.93. The molecule has 0 fully saturated rings. The summed E-state index contributed by atoms with van der Waals surface area (Å²) in [7, 11) is 0. The standard InChI is InChI=1S/C12H17FN4O/c1-8(2)16-12(14)15-7-11(18)17-10-5-3-9(13)4-6-10/h3-6,8H,7H2,1-2H3,(H,17,18)(H3,14,15,16). The Balaban J connectivity index is 2.44. The molecule has 0 aliphatic carbocycles. The molecule has 0 aliphatic rings. The average Bonchev–Trinajstić information content (AvgIpc) is 2.29. The van der Waals surface area contributed by atoms with E-state index in [1.54, 1.807) is 0 Å². The van der Waals surface area contributed by atoms with Gasteiger partial charge in [0.25, 0.3) is 0 Å². The van der Waals surface area contributed by atoms with Crippen molar-refractivity contribution < 1.29 is 9.18 Å². The van der Waals surface area contributed by atoms with Gasteiger partial charge in [-0.05, 0) is 38.1 Å². The molecule has 1 aromatic carbocycles. The Hall–Kier alpha value is -2.11. The number of halogens is 1. The predicted molar refractivity (Wildman–Crippen MR) is 69.8 cm³/mol. The number of benzene rings is 1. The van der Waals surface area contributed by atoms with Crippen LogP contribution in [0.25, 0.3) is 0 Å². The first-order valence-electron chi connectivity index (χ1n) is 5.59. The minimum atomic E-state index is -0.351. The quantitative estimate of drug-likeness (QED) is 0.554. The molecule has 0 saturated heterocycles. The summed E-state index contributed by atoms with van der Waals surface area (Å²) in [5.74, 6) is -0.439. The smallest absolute Gasteiger partial charge is 0.246 e. The Kier molecular flexibility index (Phi) is 5.10. The number of guanidine groups is 1. The molecular formula is C12H17FN4O. The minimum Gasteiger partial charge on any atom is -0.370 e. The maximum Gasteiger partial charge on any atom is 0.246 e. The zero-order chi connectivity index (χ0) is 13.5. The molecule has 0 radical (unpaired) electrons. The van der Waals surface area contributed by atoms with Crippen molar-refractivity contribution in [2.45, 2.75) is 19.9 Å². The molecule has 0 aromatic heterocycles. The fourth-order valence-corrected chi connectivity index (χ4v) is 1.23. The summed E-state index contributed by atoms with van der Waals surface area (Å²) in [6.07, 6.45) is 0. The lowest BCUT2D eigenvalue weighted by Gasteiger charge is -2.08. The molecule has 0 heterocycles. The maximum atomic E-state index is 12.6. The normalized spacial score (nSPS) is 11.4. The van der Waals surface area contributed by atoms with E-state index in [-0.39, 0.29) is 30.3 Å². The van der Waals surface area contributed by atoms with Crippen LogP contribution in [0.15, 0.2) is 29.3 Å². The van der Waals surface area contributed by atoms with E-state index < -0.39 is 0 Å². The number of nitrogens with two attached hydrogens (primary N) is 1. The molecule has 0 atom stereocenters. The van der Waals surface area contributed by atoms with Gasteiger partial charge in [0.1, 0.15) is 12.4 Å². The second-order valence-corrected chi connectivity index (χ2v) is 4.06. The predicted octanol–water partition coefficient (Wildman–Crippen LogP) is 1.08. The molecule has 1 rings (SSSR count). The van der Waals surface area contributed by atoms with Crippen molar-refractivity contribution in [3.8, 4) is 0 Å². The van der Waals surface area contributed by atoms with Crippen molar-refractivity contribution in [2.24, 2.45) is 10.7 Å². The SMILES string of the molecule is CC(C)NC(N)=NCC(=O)Nc1ccc(F)cc1. The van der Waals surface area contributed by atoms with Gasteiger partial charge in [-0.15, -0.1) is 0 Å². The van der Waals surface area contributed by atoms with E-state index in [2.05, 4.69) is 15.6 Å². The Morgan fingerprint density at radius 2 is 2.00 bits per heavy atom. The first-order valence-corrected chi connectivity index (χ1v) is 5.59. The van der Waals surface area contributed by atoms with E-state index in [1.807, 2.05) is 13.8 Å². The molecule has 6 heteroatoms. The molecule has 0 bridgehead atoms. The highest BCUT2D eigenvalue weighted by atomic mass is 19.1. The molecule has 1 amide bonds. The fraction of sp³-hybridized carbons (Fsp3) is 0.333. The van der Waals surface area contributed by atoms with Crippen molar-refractivity contribution in [3.63, 3.8) is 0 Å². The Morgan fingerprint density at radius 3 is 2.56 bits per heavy atom. The summed E-state index contributed by atoms with van der Waals surface area (Å²) in [4.78, 5) is 15.4. The van der Waals surface area contributed by atoms with Gasteiger partial charge in [-0.25, -0.2) is 9.38 Å². The lowest BCUT2D eigenvalue weighted by molar-refractivity contribution is -0.114. The summed E-state index contributed by atoms with van der Waals surface area (Å²) in [6, 6.07) is 5.66. The van der Waals surface area contributed by atoms with Crippen LogP contribution < -0.4 is 16.4 Å². The van der Waals surface area contributed by atoms with Crippen molar-refractivity contribution in [1.82, 2.24) is 5.32 Å². The van der Waals surface area contributed by atoms with Crippen molar-refractivity contribution >= 4 is 17.6 Å². The molecule has 4 N–H and O–H groups in total. The first-order chi connectivity index (χ1) is 8.47. The van der Waals surface area contributed by atoms with Gasteiger partial charge in [0.2, 0.25) is 5.91 Å². The maximum absolute atomic E-state index is 12.6. The van der Waals surface area contributed by atoms with Gasteiger partial charge < -0.3 is 16.4 Å². The molecular weight excluding hydrogens is 235 g/mol. The number of nitrogens with one attached hydrogen (secondary N) is 2. The van der Waals surface area contributed by atoms with Crippen LogP contribution in [0, 0.1) is 5.82 Å². The van der Waals surface area contributed by atoms with E-state index in [0.29, 0.717) is 5.69 Å². The molecule has 1 aromatic rings. The summed E-state index contributed by atoms with van der Waals surface area (Å²) in [5, 5.41) is 5.45. The number of anilines is 1. The molecule has 98 valence electrons. The molecule has 0 spiro atoms. The van der Waals surface area contributed by atoms with Gasteiger partial charge >= 0.3 is 0 Å². The van der Waals surface area contributed by atoms with Crippen molar-refractivity contribution in [3.05, 3.63) is 30.1 Å². The average molecular weight is 252 g/mol. The summed E-state index contributed by atoms with van der Waals surface area (Å²) >= 11 is 0. The Labute approximate surface area is 105 Å². The third-order valence-corrected chi connectivity index (χ3v) is 1.96. The van der Waals surface area contributed by atoms with Gasteiger partial charge in [-0.3, -0.25) is 4.79 Å². The third-order valence-electron chi connectivity index (χ3n) is 1.96. The van der Waals surface area contributed by atoms with Crippen LogP contribution in [0.2, 0.25) is 0 Å². The van der Waals surface area contributed by atoms with Gasteiger partial charge in [0.15, 0.2) is 5.96 Å². The number of carbonyl (C=O) groups is 1. The number of nitrogens with zero attached hydrogens (tertiary/aromatic N) is 1. The van der Waals surface area contributed by atoms with Crippen molar-refractivity contribution in [1.29, 1.82) is 0 Å². The van der Waals surface area contributed by atoms with Crippen LogP contribution in [0.5, 0.6) is 0 Å². The van der Waals surface area contributed by atoms with Crippen LogP contribution >= 0.6 is 0 Å². The summed E-state index contributed by atoms with van der Waals surface area (Å²) < 4.78 is 12.6. The Morgan fingerprint density at radius 1 is 1.39 bits per heavy atom. The number of amides is 1. The fourth-order valence-electron chi connectivity index (χ4n) is 1.23. The highest BCUT2D eigenvalue weighted by Gasteiger charge is 2.02. The van der Waals surface area contributed by atoms with E-state index in [4.69, 9.17) is 5.73 Å².